The van der Waals surface area contributed by atoms with Gasteiger partial charge in [0.05, 0.1) is 12.0 Å². The molecule has 0 saturated carbocycles. The van der Waals surface area contributed by atoms with E-state index in [-0.39, 0.29) is 0 Å². The van der Waals surface area contributed by atoms with Gasteiger partial charge in [-0.2, -0.15) is 0 Å². The van der Waals surface area contributed by atoms with Crippen molar-refractivity contribution in [2.45, 2.75) is 5.41 Å². The molecule has 264 valence electrons. The third kappa shape index (κ3) is 5.03. The van der Waals surface area contributed by atoms with Crippen LogP contribution >= 0.6 is 0 Å². The zero-order valence-electron chi connectivity index (χ0n) is 30.8. The average molecular weight is 725 g/mol. The molecule has 57 heavy (non-hydrogen) atoms. The minimum absolute atomic E-state index is 0.504. The summed E-state index contributed by atoms with van der Waals surface area (Å²) in [5.74, 6) is 1.84. The number of hydrogen-bond acceptors (Lipinski definition) is 3. The lowest BCUT2D eigenvalue weighted by molar-refractivity contribution is 0.794. The van der Waals surface area contributed by atoms with Crippen LogP contribution in [0.4, 0.5) is 5.69 Å². The molecule has 9 aromatic rings. The summed E-state index contributed by atoms with van der Waals surface area (Å²) in [5, 5.41) is 0. The summed E-state index contributed by atoms with van der Waals surface area (Å²) in [5.41, 5.74) is 17.1. The second kappa shape index (κ2) is 12.9. The molecule has 1 heterocycles. The van der Waals surface area contributed by atoms with E-state index in [1.807, 2.05) is 42.5 Å². The molecule has 0 atom stereocenters. The molecule has 11 rings (SSSR count). The van der Waals surface area contributed by atoms with Gasteiger partial charge in [-0.25, -0.2) is 19.8 Å². The molecule has 0 bridgehead atoms. The quantitative estimate of drug-likeness (QED) is 0.166. The van der Waals surface area contributed by atoms with Crippen LogP contribution in [0.5, 0.6) is 0 Å². The van der Waals surface area contributed by atoms with Crippen LogP contribution < -0.4 is 0 Å². The highest BCUT2D eigenvalue weighted by molar-refractivity contribution is 6.00. The maximum absolute atomic E-state index is 7.98. The van der Waals surface area contributed by atoms with Gasteiger partial charge in [0.2, 0.25) is 0 Å². The van der Waals surface area contributed by atoms with Gasteiger partial charge in [0.1, 0.15) is 0 Å². The van der Waals surface area contributed by atoms with Crippen LogP contribution in [0.1, 0.15) is 22.3 Å². The maximum atomic E-state index is 7.98. The van der Waals surface area contributed by atoms with Crippen molar-refractivity contribution in [3.63, 3.8) is 0 Å². The largest absolute Gasteiger partial charge is 0.238 e. The van der Waals surface area contributed by atoms with Crippen molar-refractivity contribution in [3.05, 3.63) is 228 Å². The lowest BCUT2D eigenvalue weighted by Crippen LogP contribution is -2.25. The summed E-state index contributed by atoms with van der Waals surface area (Å²) in [6, 6.07) is 67.9. The molecular weight excluding hydrogens is 693 g/mol. The van der Waals surface area contributed by atoms with Gasteiger partial charge in [0.15, 0.2) is 23.2 Å². The van der Waals surface area contributed by atoms with Crippen molar-refractivity contribution in [1.82, 2.24) is 15.0 Å². The monoisotopic (exact) mass is 724 g/mol. The molecule has 0 unspecified atom stereocenters. The molecule has 0 saturated heterocycles. The van der Waals surface area contributed by atoms with Gasteiger partial charge in [-0.1, -0.05) is 182 Å². The Kier molecular flexibility index (Phi) is 7.42. The third-order valence-electron chi connectivity index (χ3n) is 11.6. The van der Waals surface area contributed by atoms with E-state index in [1.54, 1.807) is 0 Å². The van der Waals surface area contributed by atoms with Crippen LogP contribution in [0, 0.1) is 6.57 Å². The molecule has 8 aromatic carbocycles. The molecular formula is C53H32N4. The second-order valence-electron chi connectivity index (χ2n) is 14.6. The van der Waals surface area contributed by atoms with Gasteiger partial charge in [-0.15, -0.1) is 0 Å². The highest BCUT2D eigenvalue weighted by atomic mass is 15.0. The van der Waals surface area contributed by atoms with Crippen molar-refractivity contribution in [1.29, 1.82) is 0 Å². The predicted octanol–water partition coefficient (Wildman–Crippen LogP) is 13.1. The van der Waals surface area contributed by atoms with E-state index < -0.39 is 5.41 Å². The topological polar surface area (TPSA) is 43.0 Å². The number of benzene rings is 8. The Morgan fingerprint density at radius 2 is 0.789 bits per heavy atom. The van der Waals surface area contributed by atoms with Gasteiger partial charge in [0.25, 0.3) is 0 Å². The Morgan fingerprint density at radius 3 is 1.46 bits per heavy atom. The first kappa shape index (κ1) is 32.7. The fourth-order valence-corrected chi connectivity index (χ4v) is 9.11. The van der Waals surface area contributed by atoms with Gasteiger partial charge < -0.3 is 0 Å². The molecule has 1 spiro atoms. The number of aromatic nitrogens is 3. The van der Waals surface area contributed by atoms with E-state index in [0.29, 0.717) is 23.2 Å². The van der Waals surface area contributed by atoms with Crippen molar-refractivity contribution < 1.29 is 0 Å². The summed E-state index contributed by atoms with van der Waals surface area (Å²) in [7, 11) is 0. The van der Waals surface area contributed by atoms with Crippen molar-refractivity contribution in [2.75, 3.05) is 0 Å². The van der Waals surface area contributed by atoms with Gasteiger partial charge in [-0.3, -0.25) is 0 Å². The number of hydrogen-bond donors (Lipinski definition) is 0. The highest BCUT2D eigenvalue weighted by Crippen LogP contribution is 2.64. The average Bonchev–Trinajstić information content (AvgIpc) is 3.76. The Labute approximate surface area is 331 Å². The maximum Gasteiger partial charge on any atom is 0.187 e. The molecule has 0 amide bonds. The van der Waals surface area contributed by atoms with Crippen LogP contribution in [-0.4, -0.2) is 15.0 Å². The third-order valence-corrected chi connectivity index (χ3v) is 11.6. The summed E-state index contributed by atoms with van der Waals surface area (Å²) >= 11 is 0. The Bertz CT molecular complexity index is 3030. The summed E-state index contributed by atoms with van der Waals surface area (Å²) in [6.07, 6.45) is 0. The molecule has 1 aromatic heterocycles. The Hall–Kier alpha value is -7.74. The van der Waals surface area contributed by atoms with Gasteiger partial charge in [0, 0.05) is 16.7 Å². The molecule has 2 aliphatic rings. The van der Waals surface area contributed by atoms with Gasteiger partial charge in [-0.05, 0) is 78.9 Å². The van der Waals surface area contributed by atoms with Crippen LogP contribution in [0.2, 0.25) is 0 Å². The van der Waals surface area contributed by atoms with E-state index in [2.05, 4.69) is 157 Å². The highest BCUT2D eigenvalue weighted by Gasteiger charge is 2.52. The summed E-state index contributed by atoms with van der Waals surface area (Å²) < 4.78 is 0. The second-order valence-corrected chi connectivity index (χ2v) is 14.6. The van der Waals surface area contributed by atoms with E-state index in [4.69, 9.17) is 21.5 Å². The van der Waals surface area contributed by atoms with E-state index in [1.165, 1.54) is 33.4 Å². The summed E-state index contributed by atoms with van der Waals surface area (Å²) in [4.78, 5) is 19.1. The molecule has 4 nitrogen and oxygen atoms in total. The van der Waals surface area contributed by atoms with Crippen molar-refractivity contribution >= 4 is 5.69 Å². The zero-order chi connectivity index (χ0) is 37.9. The van der Waals surface area contributed by atoms with E-state index >= 15 is 0 Å². The van der Waals surface area contributed by atoms with Gasteiger partial charge >= 0.3 is 0 Å². The number of rotatable bonds is 5. The van der Waals surface area contributed by atoms with Crippen LogP contribution in [0.15, 0.2) is 194 Å². The first-order chi connectivity index (χ1) is 28.2. The lowest BCUT2D eigenvalue weighted by atomic mass is 9.70. The molecule has 0 aliphatic heterocycles. The number of nitrogens with zero attached hydrogens (tertiary/aromatic N) is 4. The minimum Gasteiger partial charge on any atom is -0.238 e. The van der Waals surface area contributed by atoms with Crippen molar-refractivity contribution in [2.24, 2.45) is 0 Å². The molecule has 4 heteroatoms. The molecule has 0 fully saturated rings. The lowest BCUT2D eigenvalue weighted by Gasteiger charge is -2.30. The Morgan fingerprint density at radius 1 is 0.333 bits per heavy atom. The first-order valence-electron chi connectivity index (χ1n) is 19.1. The summed E-state index contributed by atoms with van der Waals surface area (Å²) in [6.45, 7) is 7.98. The molecule has 0 radical (unpaired) electrons. The smallest absolute Gasteiger partial charge is 0.187 e. The van der Waals surface area contributed by atoms with E-state index in [9.17, 15) is 0 Å². The molecule has 2 aliphatic carbocycles. The van der Waals surface area contributed by atoms with E-state index in [0.717, 1.165) is 50.1 Å². The fraction of sp³-hybridized carbons (Fsp3) is 0.0189. The zero-order valence-corrected chi connectivity index (χ0v) is 30.8. The van der Waals surface area contributed by atoms with Crippen LogP contribution in [0.3, 0.4) is 0 Å². The SMILES string of the molecule is [C-]#[N+]c1ccc2c(c1)-c1c(-c3cccc(-c4nc(-c5ccccc5)nc(-c5ccc(-c6ccccc6)cc5)n4)c3)cccc1C21c2ccccc2-c2ccccc21. The normalized spacial score (nSPS) is 12.7. The molecule has 0 N–H and O–H groups in total. The minimum atomic E-state index is -0.504. The van der Waals surface area contributed by atoms with Crippen LogP contribution in [-0.2, 0) is 5.41 Å². The van der Waals surface area contributed by atoms with Crippen molar-refractivity contribution in [3.8, 4) is 78.7 Å². The standard InChI is InChI=1S/C53H32N4/c1-54-40-30-31-47-44(33-40)49-41(22-13-25-48(49)53(47)45-23-10-8-20-42(45)43-21-9-11-24-46(43)53)38-18-12-19-39(32-38)52-56-50(36-16-6-3-7-17-36)55-51(57-52)37-28-26-35(27-29-37)34-14-4-2-5-15-34/h2-33H. The van der Waals surface area contributed by atoms with Crippen LogP contribution in [0.25, 0.3) is 83.5 Å². The fourth-order valence-electron chi connectivity index (χ4n) is 9.11. The number of fused-ring (bicyclic) bond motifs is 10. The predicted molar refractivity (Wildman–Crippen MR) is 230 cm³/mol. The first-order valence-corrected chi connectivity index (χ1v) is 19.1. The Balaban J connectivity index is 1.09.